The van der Waals surface area contributed by atoms with Crippen molar-refractivity contribution in [2.75, 3.05) is 14.2 Å². The fraction of sp³-hybridized carbons (Fsp3) is 0.278. The number of hydrogen-bond acceptors (Lipinski definition) is 4. The van der Waals surface area contributed by atoms with Crippen molar-refractivity contribution >= 4 is 5.91 Å². The molecule has 0 atom stereocenters. The third-order valence-electron chi connectivity index (χ3n) is 4.29. The largest absolute Gasteiger partial charge is 0.497 e. The molecule has 7 nitrogen and oxygen atoms in total. The van der Waals surface area contributed by atoms with E-state index >= 15 is 0 Å². The normalized spacial score (nSPS) is 10.7. The molecule has 0 fully saturated rings. The molecule has 0 bridgehead atoms. The number of carbonyl (C=O) groups excluding carboxylic acids is 1. The molecule has 1 N–H and O–H groups in total. The first kappa shape index (κ1) is 16.8. The zero-order valence-corrected chi connectivity index (χ0v) is 14.8. The highest BCUT2D eigenvalue weighted by Crippen LogP contribution is 2.21. The maximum atomic E-state index is 12.6. The summed E-state index contributed by atoms with van der Waals surface area (Å²) in [6.45, 7) is 2.48. The van der Waals surface area contributed by atoms with E-state index in [2.05, 4.69) is 15.3 Å². The van der Waals surface area contributed by atoms with Gasteiger partial charge in [0.15, 0.2) is 0 Å². The maximum absolute atomic E-state index is 12.6. The lowest BCUT2D eigenvalue weighted by molar-refractivity contribution is 0.0779. The van der Waals surface area contributed by atoms with Gasteiger partial charge in [0.05, 0.1) is 19.0 Å². The van der Waals surface area contributed by atoms with Crippen molar-refractivity contribution in [2.45, 2.75) is 13.5 Å². The molecule has 2 aromatic heterocycles. The SMILES string of the molecule is COc1ccc(-c2cc(C(=O)N(C)Cc3cnn(C)c3C)[nH]n2)cc1. The van der Waals surface area contributed by atoms with Crippen LogP contribution in [-0.4, -0.2) is 44.9 Å². The number of nitrogens with one attached hydrogen (secondary N) is 1. The number of amides is 1. The predicted octanol–water partition coefficient (Wildman–Crippen LogP) is 2.40. The van der Waals surface area contributed by atoms with Crippen LogP contribution in [0.4, 0.5) is 0 Å². The molecule has 0 saturated carbocycles. The molecule has 0 spiro atoms. The summed E-state index contributed by atoms with van der Waals surface area (Å²) in [5, 5.41) is 11.3. The second kappa shape index (κ2) is 6.80. The summed E-state index contributed by atoms with van der Waals surface area (Å²) >= 11 is 0. The fourth-order valence-corrected chi connectivity index (χ4v) is 2.57. The molecule has 130 valence electrons. The third kappa shape index (κ3) is 3.40. The summed E-state index contributed by atoms with van der Waals surface area (Å²) in [5.41, 5.74) is 4.16. The average molecular weight is 339 g/mol. The summed E-state index contributed by atoms with van der Waals surface area (Å²) in [4.78, 5) is 14.3. The Morgan fingerprint density at radius 3 is 2.64 bits per heavy atom. The lowest BCUT2D eigenvalue weighted by Crippen LogP contribution is -2.26. The van der Waals surface area contributed by atoms with Crippen molar-refractivity contribution in [1.29, 1.82) is 0 Å². The van der Waals surface area contributed by atoms with Crippen LogP contribution in [0.3, 0.4) is 0 Å². The Kier molecular flexibility index (Phi) is 4.56. The van der Waals surface area contributed by atoms with Crippen LogP contribution < -0.4 is 4.74 Å². The van der Waals surface area contributed by atoms with Gasteiger partial charge in [0, 0.05) is 37.5 Å². The zero-order valence-electron chi connectivity index (χ0n) is 14.8. The van der Waals surface area contributed by atoms with Crippen LogP contribution >= 0.6 is 0 Å². The van der Waals surface area contributed by atoms with Gasteiger partial charge in [-0.15, -0.1) is 0 Å². The molecule has 3 aromatic rings. The number of aryl methyl sites for hydroxylation is 1. The van der Waals surface area contributed by atoms with Gasteiger partial charge in [0.2, 0.25) is 0 Å². The monoisotopic (exact) mass is 339 g/mol. The second-order valence-corrected chi connectivity index (χ2v) is 5.94. The van der Waals surface area contributed by atoms with Crippen LogP contribution in [0.15, 0.2) is 36.5 Å². The summed E-state index contributed by atoms with van der Waals surface area (Å²) in [6, 6.07) is 9.31. The molecule has 25 heavy (non-hydrogen) atoms. The highest BCUT2D eigenvalue weighted by atomic mass is 16.5. The molecule has 1 amide bonds. The van der Waals surface area contributed by atoms with Crippen molar-refractivity contribution in [2.24, 2.45) is 7.05 Å². The molecule has 2 heterocycles. The number of rotatable bonds is 5. The number of nitrogens with zero attached hydrogens (tertiary/aromatic N) is 4. The van der Waals surface area contributed by atoms with Crippen LogP contribution in [0, 0.1) is 6.92 Å². The Bertz CT molecular complexity index is 879. The number of carbonyl (C=O) groups is 1. The van der Waals surface area contributed by atoms with Crippen LogP contribution in [0.2, 0.25) is 0 Å². The Labute approximate surface area is 146 Å². The van der Waals surface area contributed by atoms with Crippen molar-refractivity contribution in [3.8, 4) is 17.0 Å². The lowest BCUT2D eigenvalue weighted by atomic mass is 10.1. The third-order valence-corrected chi connectivity index (χ3v) is 4.29. The molecule has 1 aromatic carbocycles. The van der Waals surface area contributed by atoms with E-state index in [0.29, 0.717) is 12.2 Å². The molecule has 0 aliphatic carbocycles. The number of benzene rings is 1. The van der Waals surface area contributed by atoms with Gasteiger partial charge in [-0.1, -0.05) is 0 Å². The molecule has 0 saturated heterocycles. The average Bonchev–Trinajstić information content (AvgIpc) is 3.24. The van der Waals surface area contributed by atoms with E-state index in [1.54, 1.807) is 36.0 Å². The topological polar surface area (TPSA) is 76.0 Å². The molecular formula is C18H21N5O2. The van der Waals surface area contributed by atoms with Crippen LogP contribution in [0.25, 0.3) is 11.3 Å². The number of aromatic nitrogens is 4. The van der Waals surface area contributed by atoms with E-state index in [9.17, 15) is 4.79 Å². The fourth-order valence-electron chi connectivity index (χ4n) is 2.57. The van der Waals surface area contributed by atoms with Crippen molar-refractivity contribution < 1.29 is 9.53 Å². The van der Waals surface area contributed by atoms with E-state index in [1.165, 1.54) is 0 Å². The van der Waals surface area contributed by atoms with Gasteiger partial charge in [-0.25, -0.2) is 0 Å². The molecule has 3 rings (SSSR count). The Balaban J connectivity index is 1.74. The molecular weight excluding hydrogens is 318 g/mol. The first-order valence-electron chi connectivity index (χ1n) is 7.92. The maximum Gasteiger partial charge on any atom is 0.271 e. The highest BCUT2D eigenvalue weighted by molar-refractivity contribution is 5.93. The summed E-state index contributed by atoms with van der Waals surface area (Å²) in [5.74, 6) is 0.665. The number of methoxy groups -OCH3 is 1. The molecule has 7 heteroatoms. The minimum atomic E-state index is -0.115. The number of H-pyrrole nitrogens is 1. The number of aromatic amines is 1. The predicted molar refractivity (Wildman–Crippen MR) is 94.3 cm³/mol. The lowest BCUT2D eigenvalue weighted by Gasteiger charge is -2.15. The van der Waals surface area contributed by atoms with Gasteiger partial charge in [-0.2, -0.15) is 10.2 Å². The highest BCUT2D eigenvalue weighted by Gasteiger charge is 2.17. The standard InChI is InChI=1S/C18H21N5O2/c1-12-14(10-19-23(12)3)11-22(2)18(24)17-9-16(20-21-17)13-5-7-15(25-4)8-6-13/h5-10H,11H2,1-4H3,(H,20,21). The Morgan fingerprint density at radius 1 is 1.32 bits per heavy atom. The summed E-state index contributed by atoms with van der Waals surface area (Å²) in [6.07, 6.45) is 1.79. The molecule has 0 aliphatic rings. The van der Waals surface area contributed by atoms with E-state index < -0.39 is 0 Å². The second-order valence-electron chi connectivity index (χ2n) is 5.94. The molecule has 0 aliphatic heterocycles. The molecule has 0 unspecified atom stereocenters. The molecule has 0 radical (unpaired) electrons. The van der Waals surface area contributed by atoms with E-state index in [0.717, 1.165) is 28.3 Å². The van der Waals surface area contributed by atoms with E-state index in [4.69, 9.17) is 4.74 Å². The zero-order chi connectivity index (χ0) is 18.0. The Morgan fingerprint density at radius 2 is 2.04 bits per heavy atom. The van der Waals surface area contributed by atoms with E-state index in [1.807, 2.05) is 38.2 Å². The van der Waals surface area contributed by atoms with Crippen LogP contribution in [-0.2, 0) is 13.6 Å². The van der Waals surface area contributed by atoms with Gasteiger partial charge >= 0.3 is 0 Å². The smallest absolute Gasteiger partial charge is 0.271 e. The minimum Gasteiger partial charge on any atom is -0.497 e. The van der Waals surface area contributed by atoms with Gasteiger partial charge in [0.25, 0.3) is 5.91 Å². The van der Waals surface area contributed by atoms with Crippen molar-refractivity contribution in [3.63, 3.8) is 0 Å². The van der Waals surface area contributed by atoms with Gasteiger partial charge < -0.3 is 9.64 Å². The number of ether oxygens (including phenoxy) is 1. The van der Waals surface area contributed by atoms with Gasteiger partial charge in [-0.3, -0.25) is 14.6 Å². The summed E-state index contributed by atoms with van der Waals surface area (Å²) in [7, 11) is 5.28. The minimum absolute atomic E-state index is 0.115. The Hall–Kier alpha value is -3.09. The first-order chi connectivity index (χ1) is 12.0. The van der Waals surface area contributed by atoms with Crippen LogP contribution in [0.1, 0.15) is 21.7 Å². The van der Waals surface area contributed by atoms with Crippen molar-refractivity contribution in [1.82, 2.24) is 24.9 Å². The van der Waals surface area contributed by atoms with Gasteiger partial charge in [-0.05, 0) is 37.3 Å². The summed E-state index contributed by atoms with van der Waals surface area (Å²) < 4.78 is 6.95. The van der Waals surface area contributed by atoms with E-state index in [-0.39, 0.29) is 5.91 Å². The first-order valence-corrected chi connectivity index (χ1v) is 7.92. The van der Waals surface area contributed by atoms with Crippen molar-refractivity contribution in [3.05, 3.63) is 53.5 Å². The van der Waals surface area contributed by atoms with Crippen LogP contribution in [0.5, 0.6) is 5.75 Å². The number of hydrogen-bond donors (Lipinski definition) is 1. The van der Waals surface area contributed by atoms with Gasteiger partial charge in [0.1, 0.15) is 11.4 Å². The quantitative estimate of drug-likeness (QED) is 0.774.